The highest BCUT2D eigenvalue weighted by Crippen LogP contribution is 2.49. The van der Waals surface area contributed by atoms with Crippen LogP contribution in [0.25, 0.3) is 0 Å². The average molecular weight is 275 g/mol. The minimum absolute atomic E-state index is 0.469. The summed E-state index contributed by atoms with van der Waals surface area (Å²) in [7, 11) is 0. The van der Waals surface area contributed by atoms with Crippen LogP contribution in [0.4, 0.5) is 11.6 Å². The number of nitrogens with zero attached hydrogens (tertiary/aromatic N) is 2. The van der Waals surface area contributed by atoms with Crippen LogP contribution >= 0.6 is 0 Å². The van der Waals surface area contributed by atoms with E-state index >= 15 is 0 Å². The molecule has 2 aliphatic carbocycles. The van der Waals surface area contributed by atoms with Crippen molar-refractivity contribution in [1.82, 2.24) is 9.97 Å². The van der Waals surface area contributed by atoms with E-state index in [-0.39, 0.29) is 0 Å². The molecule has 0 saturated heterocycles. The molecule has 0 aromatic carbocycles. The summed E-state index contributed by atoms with van der Waals surface area (Å²) < 4.78 is 0. The maximum Gasteiger partial charge on any atom is 0.148 e. The molecule has 1 aromatic rings. The molecule has 20 heavy (non-hydrogen) atoms. The first-order chi connectivity index (χ1) is 9.72. The van der Waals surface area contributed by atoms with Crippen molar-refractivity contribution in [2.24, 2.45) is 23.6 Å². The number of hydrazine groups is 1. The van der Waals surface area contributed by atoms with Crippen molar-refractivity contribution in [2.75, 3.05) is 10.7 Å². The van der Waals surface area contributed by atoms with Crippen LogP contribution in [0.15, 0.2) is 6.33 Å². The Bertz CT molecular complexity index is 475. The first-order valence-electron chi connectivity index (χ1n) is 7.80. The Hall–Kier alpha value is -1.36. The molecule has 5 heteroatoms. The van der Waals surface area contributed by atoms with Gasteiger partial charge in [-0.3, -0.25) is 0 Å². The fourth-order valence-corrected chi connectivity index (χ4v) is 4.22. The van der Waals surface area contributed by atoms with E-state index in [1.54, 1.807) is 6.33 Å². The van der Waals surface area contributed by atoms with Crippen LogP contribution in [0, 0.1) is 17.8 Å². The molecule has 4 N–H and O–H groups in total. The molecule has 3 rings (SSSR count). The van der Waals surface area contributed by atoms with E-state index in [2.05, 4.69) is 34.6 Å². The number of fused-ring (bicyclic) bond motifs is 2. The molecular formula is C15H25N5. The fourth-order valence-electron chi connectivity index (χ4n) is 4.22. The molecular weight excluding hydrogens is 250 g/mol. The van der Waals surface area contributed by atoms with E-state index < -0.39 is 0 Å². The Labute approximate surface area is 120 Å². The largest absolute Gasteiger partial charge is 0.367 e. The Balaban J connectivity index is 1.74. The summed E-state index contributed by atoms with van der Waals surface area (Å²) in [6, 6.07) is 0.469. The van der Waals surface area contributed by atoms with Crippen molar-refractivity contribution in [3.8, 4) is 0 Å². The molecule has 2 fully saturated rings. The molecule has 2 bridgehead atoms. The number of hydrogen-bond acceptors (Lipinski definition) is 5. The minimum Gasteiger partial charge on any atom is -0.367 e. The summed E-state index contributed by atoms with van der Waals surface area (Å²) in [6.45, 7) is 4.40. The average Bonchev–Trinajstić information content (AvgIpc) is 3.09. The van der Waals surface area contributed by atoms with Crippen molar-refractivity contribution in [3.05, 3.63) is 11.9 Å². The predicted octanol–water partition coefficient (Wildman–Crippen LogP) is 2.56. The second kappa shape index (κ2) is 5.56. The van der Waals surface area contributed by atoms with Crippen LogP contribution in [0.1, 0.15) is 45.1 Å². The van der Waals surface area contributed by atoms with Gasteiger partial charge in [0.2, 0.25) is 0 Å². The zero-order chi connectivity index (χ0) is 14.1. The summed E-state index contributed by atoms with van der Waals surface area (Å²) in [5.41, 5.74) is 3.74. The Kier molecular flexibility index (Phi) is 3.78. The Morgan fingerprint density at radius 3 is 2.70 bits per heavy atom. The lowest BCUT2D eigenvalue weighted by Crippen LogP contribution is -2.31. The van der Waals surface area contributed by atoms with Gasteiger partial charge in [0.25, 0.3) is 0 Å². The van der Waals surface area contributed by atoms with Crippen LogP contribution in [-0.4, -0.2) is 16.0 Å². The number of nitrogen functional groups attached to an aromatic ring is 1. The highest BCUT2D eigenvalue weighted by Gasteiger charge is 2.41. The summed E-state index contributed by atoms with van der Waals surface area (Å²) in [5.74, 6) is 9.88. The molecule has 4 atom stereocenters. The van der Waals surface area contributed by atoms with Crippen LogP contribution in [0.3, 0.4) is 0 Å². The molecule has 0 amide bonds. The smallest absolute Gasteiger partial charge is 0.148 e. The maximum atomic E-state index is 5.53. The first kappa shape index (κ1) is 13.6. The van der Waals surface area contributed by atoms with Gasteiger partial charge in [-0.25, -0.2) is 15.8 Å². The van der Waals surface area contributed by atoms with Gasteiger partial charge in [0.15, 0.2) is 0 Å². The monoisotopic (exact) mass is 275 g/mol. The van der Waals surface area contributed by atoms with Gasteiger partial charge in [-0.05, 0) is 50.4 Å². The molecule has 4 unspecified atom stereocenters. The van der Waals surface area contributed by atoms with Gasteiger partial charge in [-0.1, -0.05) is 13.3 Å². The van der Waals surface area contributed by atoms with E-state index in [9.17, 15) is 0 Å². The third-order valence-electron chi connectivity index (χ3n) is 5.24. The summed E-state index contributed by atoms with van der Waals surface area (Å²) in [4.78, 5) is 8.60. The van der Waals surface area contributed by atoms with Gasteiger partial charge in [0, 0.05) is 11.6 Å². The van der Waals surface area contributed by atoms with E-state index in [0.717, 1.165) is 41.4 Å². The lowest BCUT2D eigenvalue weighted by molar-refractivity contribution is 0.304. The topological polar surface area (TPSA) is 75.9 Å². The molecule has 0 spiro atoms. The maximum absolute atomic E-state index is 5.53. The van der Waals surface area contributed by atoms with Gasteiger partial charge < -0.3 is 10.7 Å². The minimum atomic E-state index is 0.469. The standard InChI is InChI=1S/C15H25N5/c1-3-12-14(17-8-18-15(12)20-16)19-9(2)13-7-10-4-5-11(13)6-10/h8-11,13H,3-7,16H2,1-2H3,(H2,17,18,19,20). The van der Waals surface area contributed by atoms with Gasteiger partial charge >= 0.3 is 0 Å². The number of hydrogen-bond donors (Lipinski definition) is 3. The lowest BCUT2D eigenvalue weighted by atomic mass is 9.84. The zero-order valence-corrected chi connectivity index (χ0v) is 12.4. The molecule has 2 aliphatic rings. The quantitative estimate of drug-likeness (QED) is 0.569. The normalized spacial score (nSPS) is 29.4. The Morgan fingerprint density at radius 1 is 1.30 bits per heavy atom. The zero-order valence-electron chi connectivity index (χ0n) is 12.4. The summed E-state index contributed by atoms with van der Waals surface area (Å²) in [6.07, 6.45) is 8.13. The van der Waals surface area contributed by atoms with E-state index in [1.165, 1.54) is 25.7 Å². The van der Waals surface area contributed by atoms with E-state index in [4.69, 9.17) is 5.84 Å². The van der Waals surface area contributed by atoms with Gasteiger partial charge in [-0.2, -0.15) is 0 Å². The number of nitrogens with one attached hydrogen (secondary N) is 2. The fraction of sp³-hybridized carbons (Fsp3) is 0.733. The number of nitrogens with two attached hydrogens (primary N) is 1. The highest BCUT2D eigenvalue weighted by molar-refractivity contribution is 5.57. The predicted molar refractivity (Wildman–Crippen MR) is 81.2 cm³/mol. The first-order valence-corrected chi connectivity index (χ1v) is 7.80. The lowest BCUT2D eigenvalue weighted by Gasteiger charge is -2.29. The summed E-state index contributed by atoms with van der Waals surface area (Å²) in [5, 5.41) is 3.62. The third kappa shape index (κ3) is 2.35. The number of rotatable bonds is 5. The van der Waals surface area contributed by atoms with Crippen LogP contribution in [0.5, 0.6) is 0 Å². The molecule has 110 valence electrons. The van der Waals surface area contributed by atoms with Crippen LogP contribution in [0.2, 0.25) is 0 Å². The molecule has 0 radical (unpaired) electrons. The number of anilines is 2. The second-order valence-electron chi connectivity index (χ2n) is 6.32. The number of aromatic nitrogens is 2. The van der Waals surface area contributed by atoms with Crippen molar-refractivity contribution in [3.63, 3.8) is 0 Å². The van der Waals surface area contributed by atoms with Crippen molar-refractivity contribution in [1.29, 1.82) is 0 Å². The van der Waals surface area contributed by atoms with Crippen molar-refractivity contribution < 1.29 is 0 Å². The molecule has 1 aromatic heterocycles. The molecule has 5 nitrogen and oxygen atoms in total. The van der Waals surface area contributed by atoms with Crippen molar-refractivity contribution >= 4 is 11.6 Å². The Morgan fingerprint density at radius 2 is 2.10 bits per heavy atom. The third-order valence-corrected chi connectivity index (χ3v) is 5.24. The highest BCUT2D eigenvalue weighted by atomic mass is 15.3. The van der Waals surface area contributed by atoms with Gasteiger partial charge in [-0.15, -0.1) is 0 Å². The van der Waals surface area contributed by atoms with Gasteiger partial charge in [0.05, 0.1) is 0 Å². The van der Waals surface area contributed by atoms with Crippen molar-refractivity contribution in [2.45, 2.75) is 52.0 Å². The van der Waals surface area contributed by atoms with Crippen LogP contribution < -0.4 is 16.6 Å². The molecule has 0 aliphatic heterocycles. The van der Waals surface area contributed by atoms with E-state index in [1.807, 2.05) is 0 Å². The second-order valence-corrected chi connectivity index (χ2v) is 6.32. The summed E-state index contributed by atoms with van der Waals surface area (Å²) >= 11 is 0. The van der Waals surface area contributed by atoms with Gasteiger partial charge in [0.1, 0.15) is 18.0 Å². The van der Waals surface area contributed by atoms with Crippen LogP contribution in [-0.2, 0) is 6.42 Å². The van der Waals surface area contributed by atoms with E-state index in [0.29, 0.717) is 6.04 Å². The molecule has 1 heterocycles. The SMILES string of the molecule is CCc1c(NN)ncnc1NC(C)C1CC2CCC1C2. The molecule has 2 saturated carbocycles.